The van der Waals surface area contributed by atoms with Crippen molar-refractivity contribution < 1.29 is 17.7 Å². The average Bonchev–Trinajstić information content (AvgIpc) is 2.07. The summed E-state index contributed by atoms with van der Waals surface area (Å²) in [6.45, 7) is 2.31. The van der Waals surface area contributed by atoms with Crippen LogP contribution in [0.15, 0.2) is 18.2 Å². The monoisotopic (exact) mass is 231 g/mol. The zero-order valence-electron chi connectivity index (χ0n) is 8.30. The third-order valence-electron chi connectivity index (χ3n) is 1.72. The Morgan fingerprint density at radius 3 is 2.60 bits per heavy atom. The van der Waals surface area contributed by atoms with E-state index in [0.717, 1.165) is 0 Å². The average molecular weight is 231 g/mol. The summed E-state index contributed by atoms with van der Waals surface area (Å²) in [5, 5.41) is 0. The number of rotatable bonds is 4. The molecule has 0 atom stereocenters. The molecule has 0 radical (unpaired) electrons. The van der Waals surface area contributed by atoms with Gasteiger partial charge in [0.05, 0.1) is 12.3 Å². The maximum absolute atomic E-state index is 10.6. The van der Waals surface area contributed by atoms with E-state index in [9.17, 15) is 8.42 Å². The van der Waals surface area contributed by atoms with Crippen LogP contribution in [0.5, 0.6) is 5.75 Å². The van der Waals surface area contributed by atoms with Crippen LogP contribution in [0.4, 0.5) is 5.69 Å². The fourth-order valence-electron chi connectivity index (χ4n) is 1.19. The lowest BCUT2D eigenvalue weighted by atomic mass is 10.2. The van der Waals surface area contributed by atoms with Crippen LogP contribution in [0.3, 0.4) is 0 Å². The summed E-state index contributed by atoms with van der Waals surface area (Å²) in [5.74, 6) is 0.0699. The van der Waals surface area contributed by atoms with Gasteiger partial charge >= 0.3 is 0 Å². The van der Waals surface area contributed by atoms with Gasteiger partial charge in [-0.25, -0.2) is 0 Å². The van der Waals surface area contributed by atoms with Gasteiger partial charge in [-0.1, -0.05) is 6.07 Å². The number of nitrogen functional groups attached to an aromatic ring is 1. The van der Waals surface area contributed by atoms with E-state index in [1.54, 1.807) is 12.1 Å². The second-order valence-electron chi connectivity index (χ2n) is 3.03. The van der Waals surface area contributed by atoms with Crippen molar-refractivity contribution in [3.63, 3.8) is 0 Å². The molecule has 0 unspecified atom stereocenters. The lowest BCUT2D eigenvalue weighted by Crippen LogP contribution is -2.03. The Bertz CT molecular complexity index is 441. The summed E-state index contributed by atoms with van der Waals surface area (Å²) in [4.78, 5) is 0. The van der Waals surface area contributed by atoms with E-state index in [1.165, 1.54) is 6.07 Å². The zero-order chi connectivity index (χ0) is 11.5. The van der Waals surface area contributed by atoms with Gasteiger partial charge in [0.2, 0.25) is 0 Å². The molecule has 1 rings (SSSR count). The third-order valence-corrected chi connectivity index (χ3v) is 2.42. The summed E-state index contributed by atoms with van der Waals surface area (Å²) >= 11 is 0. The minimum Gasteiger partial charge on any atom is -0.492 e. The quantitative estimate of drug-likeness (QED) is 0.597. The maximum atomic E-state index is 10.6. The summed E-state index contributed by atoms with van der Waals surface area (Å²) in [7, 11) is -4.02. The topological polar surface area (TPSA) is 89.6 Å². The molecule has 0 amide bonds. The van der Waals surface area contributed by atoms with E-state index in [2.05, 4.69) is 0 Å². The largest absolute Gasteiger partial charge is 0.492 e. The van der Waals surface area contributed by atoms with Crippen molar-refractivity contribution in [1.82, 2.24) is 0 Å². The van der Waals surface area contributed by atoms with Crippen LogP contribution < -0.4 is 10.5 Å². The van der Waals surface area contributed by atoms with E-state index in [0.29, 0.717) is 23.6 Å². The Morgan fingerprint density at radius 1 is 1.47 bits per heavy atom. The fraction of sp³-hybridized carbons (Fsp3) is 0.333. The highest BCUT2D eigenvalue weighted by Gasteiger charge is 2.08. The zero-order valence-corrected chi connectivity index (χ0v) is 9.12. The first-order valence-electron chi connectivity index (χ1n) is 4.38. The van der Waals surface area contributed by atoms with Crippen LogP contribution in [-0.2, 0) is 15.9 Å². The molecule has 0 heterocycles. The molecule has 0 saturated carbocycles. The van der Waals surface area contributed by atoms with Crippen LogP contribution in [0.2, 0.25) is 0 Å². The van der Waals surface area contributed by atoms with Gasteiger partial charge < -0.3 is 10.5 Å². The molecular weight excluding hydrogens is 218 g/mol. The number of nitrogens with two attached hydrogens (primary N) is 1. The molecule has 1 aromatic rings. The normalized spacial score (nSPS) is 11.3. The Hall–Kier alpha value is -1.27. The number of ether oxygens (including phenoxy) is 1. The molecule has 5 nitrogen and oxygen atoms in total. The summed E-state index contributed by atoms with van der Waals surface area (Å²) < 4.78 is 35.0. The SMILES string of the molecule is CCOc1ccc(CS(=O)(=O)O)cc1N. The van der Waals surface area contributed by atoms with Gasteiger partial charge in [0.15, 0.2) is 0 Å². The van der Waals surface area contributed by atoms with Gasteiger partial charge in [0.1, 0.15) is 11.5 Å². The van der Waals surface area contributed by atoms with Crippen molar-refractivity contribution in [3.8, 4) is 5.75 Å². The number of hydrogen-bond acceptors (Lipinski definition) is 4. The van der Waals surface area contributed by atoms with E-state index in [-0.39, 0.29) is 0 Å². The highest BCUT2D eigenvalue weighted by molar-refractivity contribution is 7.85. The molecule has 0 bridgehead atoms. The van der Waals surface area contributed by atoms with Crippen molar-refractivity contribution in [2.24, 2.45) is 0 Å². The van der Waals surface area contributed by atoms with Gasteiger partial charge in [-0.2, -0.15) is 8.42 Å². The van der Waals surface area contributed by atoms with E-state index in [4.69, 9.17) is 15.0 Å². The molecule has 0 spiro atoms. The smallest absolute Gasteiger partial charge is 0.269 e. The summed E-state index contributed by atoms with van der Waals surface area (Å²) in [6, 6.07) is 4.60. The van der Waals surface area contributed by atoms with Gasteiger partial charge in [-0.05, 0) is 24.6 Å². The molecule has 84 valence electrons. The molecule has 0 aliphatic carbocycles. The Kier molecular flexibility index (Phi) is 3.54. The lowest BCUT2D eigenvalue weighted by Gasteiger charge is -2.07. The van der Waals surface area contributed by atoms with Crippen LogP contribution in [0, 0.1) is 0 Å². The van der Waals surface area contributed by atoms with Gasteiger partial charge in [0, 0.05) is 0 Å². The number of benzene rings is 1. The minimum absolute atomic E-state index is 0.359. The molecule has 0 saturated heterocycles. The molecule has 0 aliphatic rings. The number of anilines is 1. The van der Waals surface area contributed by atoms with Crippen LogP contribution in [0.25, 0.3) is 0 Å². The van der Waals surface area contributed by atoms with Crippen LogP contribution in [0.1, 0.15) is 12.5 Å². The predicted octanol–water partition coefficient (Wildman–Crippen LogP) is 1.06. The second-order valence-corrected chi connectivity index (χ2v) is 4.48. The van der Waals surface area contributed by atoms with Crippen molar-refractivity contribution in [2.45, 2.75) is 12.7 Å². The molecule has 0 aliphatic heterocycles. The van der Waals surface area contributed by atoms with Gasteiger partial charge in [0.25, 0.3) is 10.1 Å². The van der Waals surface area contributed by atoms with E-state index >= 15 is 0 Å². The molecule has 6 heteroatoms. The van der Waals surface area contributed by atoms with Crippen molar-refractivity contribution in [3.05, 3.63) is 23.8 Å². The van der Waals surface area contributed by atoms with Crippen molar-refractivity contribution in [1.29, 1.82) is 0 Å². The molecule has 1 aromatic carbocycles. The Balaban J connectivity index is 2.91. The molecule has 15 heavy (non-hydrogen) atoms. The predicted molar refractivity (Wildman–Crippen MR) is 57.3 cm³/mol. The summed E-state index contributed by atoms with van der Waals surface area (Å²) in [6.07, 6.45) is 0. The standard InChI is InChI=1S/C9H13NO4S/c1-2-14-9-4-3-7(5-8(9)10)6-15(11,12)13/h3-5H,2,6,10H2,1H3,(H,11,12,13). The highest BCUT2D eigenvalue weighted by atomic mass is 32.2. The fourth-order valence-corrected chi connectivity index (χ4v) is 1.79. The van der Waals surface area contributed by atoms with Gasteiger partial charge in [-0.3, -0.25) is 4.55 Å². The number of hydrogen-bond donors (Lipinski definition) is 2. The van der Waals surface area contributed by atoms with Crippen LogP contribution >= 0.6 is 0 Å². The highest BCUT2D eigenvalue weighted by Crippen LogP contribution is 2.23. The first kappa shape index (κ1) is 11.8. The van der Waals surface area contributed by atoms with Crippen LogP contribution in [-0.4, -0.2) is 19.6 Å². The Labute approximate surface area is 88.6 Å². The van der Waals surface area contributed by atoms with Crippen molar-refractivity contribution in [2.75, 3.05) is 12.3 Å². The lowest BCUT2D eigenvalue weighted by molar-refractivity contribution is 0.342. The Morgan fingerprint density at radius 2 is 2.13 bits per heavy atom. The molecule has 0 fully saturated rings. The summed E-state index contributed by atoms with van der Waals surface area (Å²) in [5.41, 5.74) is 6.41. The van der Waals surface area contributed by atoms with Crippen molar-refractivity contribution >= 4 is 15.8 Å². The molecule has 3 N–H and O–H groups in total. The minimum atomic E-state index is -4.02. The molecular formula is C9H13NO4S. The van der Waals surface area contributed by atoms with E-state index < -0.39 is 15.9 Å². The first-order chi connectivity index (χ1) is 6.92. The molecule has 0 aromatic heterocycles. The third kappa shape index (κ3) is 3.77. The first-order valence-corrected chi connectivity index (χ1v) is 5.99. The maximum Gasteiger partial charge on any atom is 0.269 e. The van der Waals surface area contributed by atoms with E-state index in [1.807, 2.05) is 6.92 Å². The second kappa shape index (κ2) is 4.50. The van der Waals surface area contributed by atoms with Gasteiger partial charge in [-0.15, -0.1) is 0 Å².